The van der Waals surface area contributed by atoms with Gasteiger partial charge < -0.3 is 4.90 Å². The van der Waals surface area contributed by atoms with Gasteiger partial charge in [-0.2, -0.15) is 22.6 Å². The Morgan fingerprint density at radius 2 is 1.77 bits per heavy atom. The van der Waals surface area contributed by atoms with E-state index in [-0.39, 0.29) is 18.1 Å². The molecular formula is C15H14ClF3N4O2S. The van der Waals surface area contributed by atoms with Gasteiger partial charge in [-0.15, -0.1) is 5.10 Å². The van der Waals surface area contributed by atoms with Crippen LogP contribution in [0.1, 0.15) is 5.56 Å². The van der Waals surface area contributed by atoms with Crippen LogP contribution in [0.2, 0.25) is 5.02 Å². The number of aromatic nitrogens is 2. The number of hydrogen-bond donors (Lipinski definition) is 0. The molecule has 140 valence electrons. The molecule has 6 nitrogen and oxygen atoms in total. The maximum atomic E-state index is 12.9. The standard InChI is InChI=1S/C15H14ClF3N4O2S/c16-12-4-3-11(15(17,18)19)10-13(12)26(24,25)23-8-6-22(7-9-23)14-2-1-5-20-21-14/h1-5,10H,6-9H2. The lowest BCUT2D eigenvalue weighted by atomic mass is 10.2. The molecule has 1 fully saturated rings. The van der Waals surface area contributed by atoms with Crippen LogP contribution in [-0.2, 0) is 16.2 Å². The minimum absolute atomic E-state index is 0.103. The van der Waals surface area contributed by atoms with Gasteiger partial charge in [0.2, 0.25) is 10.0 Å². The fourth-order valence-corrected chi connectivity index (χ4v) is 4.56. The minimum atomic E-state index is -4.65. The second-order valence-electron chi connectivity index (χ2n) is 5.62. The summed E-state index contributed by atoms with van der Waals surface area (Å²) < 4.78 is 65.3. The van der Waals surface area contributed by atoms with Crippen molar-refractivity contribution >= 4 is 27.4 Å². The summed E-state index contributed by atoms with van der Waals surface area (Å²) in [6.07, 6.45) is -3.13. The molecule has 1 aliphatic heterocycles. The lowest BCUT2D eigenvalue weighted by molar-refractivity contribution is -0.137. The number of hydrogen-bond acceptors (Lipinski definition) is 5. The van der Waals surface area contributed by atoms with E-state index in [4.69, 9.17) is 11.6 Å². The number of rotatable bonds is 3. The predicted molar refractivity (Wildman–Crippen MR) is 89.5 cm³/mol. The molecule has 0 radical (unpaired) electrons. The summed E-state index contributed by atoms with van der Waals surface area (Å²) in [5.41, 5.74) is -1.06. The predicted octanol–water partition coefficient (Wildman–Crippen LogP) is 2.66. The van der Waals surface area contributed by atoms with E-state index in [9.17, 15) is 21.6 Å². The maximum absolute atomic E-state index is 12.9. The van der Waals surface area contributed by atoms with Gasteiger partial charge in [0.05, 0.1) is 10.6 Å². The van der Waals surface area contributed by atoms with Gasteiger partial charge in [-0.1, -0.05) is 11.6 Å². The average Bonchev–Trinajstić information content (AvgIpc) is 2.62. The Morgan fingerprint density at radius 3 is 2.35 bits per heavy atom. The van der Waals surface area contributed by atoms with Gasteiger partial charge in [0, 0.05) is 32.4 Å². The quantitative estimate of drug-likeness (QED) is 0.784. The maximum Gasteiger partial charge on any atom is 0.416 e. The van der Waals surface area contributed by atoms with Crippen LogP contribution < -0.4 is 4.90 Å². The Labute approximate surface area is 153 Å². The summed E-state index contributed by atoms with van der Waals surface area (Å²) in [5, 5.41) is 7.49. The summed E-state index contributed by atoms with van der Waals surface area (Å²) in [6.45, 7) is 0.889. The number of benzene rings is 1. The number of alkyl halides is 3. The topological polar surface area (TPSA) is 66.4 Å². The van der Waals surface area contributed by atoms with Gasteiger partial charge >= 0.3 is 6.18 Å². The summed E-state index contributed by atoms with van der Waals surface area (Å²) >= 11 is 5.87. The van der Waals surface area contributed by atoms with Crippen LogP contribution in [0.3, 0.4) is 0 Å². The molecule has 11 heteroatoms. The Kier molecular flexibility index (Phi) is 5.09. The summed E-state index contributed by atoms with van der Waals surface area (Å²) in [6, 6.07) is 5.75. The zero-order chi connectivity index (χ0) is 18.9. The Hall–Kier alpha value is -1.91. The molecule has 0 saturated carbocycles. The first-order valence-electron chi connectivity index (χ1n) is 7.59. The van der Waals surface area contributed by atoms with Crippen LogP contribution in [0.25, 0.3) is 0 Å². The smallest absolute Gasteiger partial charge is 0.352 e. The van der Waals surface area contributed by atoms with Gasteiger partial charge in [0.15, 0.2) is 5.82 Å². The minimum Gasteiger partial charge on any atom is -0.352 e. The van der Waals surface area contributed by atoms with E-state index in [1.165, 1.54) is 6.20 Å². The molecule has 2 aromatic rings. The molecule has 1 aliphatic rings. The summed E-state index contributed by atoms with van der Waals surface area (Å²) in [7, 11) is -4.14. The lowest BCUT2D eigenvalue weighted by Crippen LogP contribution is -2.49. The highest BCUT2D eigenvalue weighted by Crippen LogP contribution is 2.34. The van der Waals surface area contributed by atoms with E-state index >= 15 is 0 Å². The van der Waals surface area contributed by atoms with Crippen molar-refractivity contribution in [2.45, 2.75) is 11.1 Å². The van der Waals surface area contributed by atoms with Crippen molar-refractivity contribution in [2.24, 2.45) is 0 Å². The molecule has 3 rings (SSSR count). The highest BCUT2D eigenvalue weighted by molar-refractivity contribution is 7.89. The number of nitrogens with zero attached hydrogens (tertiary/aromatic N) is 4. The third kappa shape index (κ3) is 3.76. The number of sulfonamides is 1. The largest absolute Gasteiger partial charge is 0.416 e. The van der Waals surface area contributed by atoms with Crippen molar-refractivity contribution in [3.05, 3.63) is 47.1 Å². The van der Waals surface area contributed by atoms with Crippen LogP contribution in [0, 0.1) is 0 Å². The Balaban J connectivity index is 1.82. The summed E-state index contributed by atoms with van der Waals surface area (Å²) in [5.74, 6) is 0.613. The van der Waals surface area contributed by atoms with E-state index in [0.717, 1.165) is 16.4 Å². The molecular weight excluding hydrogens is 393 g/mol. The van der Waals surface area contributed by atoms with E-state index in [1.54, 1.807) is 12.1 Å². The second kappa shape index (κ2) is 7.01. The molecule has 0 atom stereocenters. The third-order valence-corrected chi connectivity index (χ3v) is 6.38. The van der Waals surface area contributed by atoms with E-state index < -0.39 is 26.7 Å². The van der Waals surface area contributed by atoms with Crippen molar-refractivity contribution in [3.63, 3.8) is 0 Å². The molecule has 0 spiro atoms. The third-order valence-electron chi connectivity index (χ3n) is 4.00. The fraction of sp³-hybridized carbons (Fsp3) is 0.333. The molecule has 0 bridgehead atoms. The first-order valence-corrected chi connectivity index (χ1v) is 9.41. The Morgan fingerprint density at radius 1 is 1.08 bits per heavy atom. The average molecular weight is 407 g/mol. The van der Waals surface area contributed by atoms with Crippen LogP contribution >= 0.6 is 11.6 Å². The van der Waals surface area contributed by atoms with Crippen LogP contribution in [-0.4, -0.2) is 49.1 Å². The molecule has 0 N–H and O–H groups in total. The molecule has 1 aromatic heterocycles. The fourth-order valence-electron chi connectivity index (χ4n) is 2.64. The van der Waals surface area contributed by atoms with Gasteiger partial charge in [-0.05, 0) is 30.3 Å². The second-order valence-corrected chi connectivity index (χ2v) is 7.93. The zero-order valence-corrected chi connectivity index (χ0v) is 14.9. The van der Waals surface area contributed by atoms with E-state index in [2.05, 4.69) is 10.2 Å². The Bertz CT molecular complexity index is 886. The molecule has 0 amide bonds. The molecule has 2 heterocycles. The van der Waals surface area contributed by atoms with Gasteiger partial charge in [0.25, 0.3) is 0 Å². The highest BCUT2D eigenvalue weighted by Gasteiger charge is 2.35. The number of piperazine rings is 1. The number of halogens is 4. The van der Waals surface area contributed by atoms with Crippen molar-refractivity contribution in [1.29, 1.82) is 0 Å². The monoisotopic (exact) mass is 406 g/mol. The van der Waals surface area contributed by atoms with Crippen molar-refractivity contribution < 1.29 is 21.6 Å². The van der Waals surface area contributed by atoms with Crippen LogP contribution in [0.4, 0.5) is 19.0 Å². The molecule has 0 aliphatic carbocycles. The zero-order valence-electron chi connectivity index (χ0n) is 13.3. The van der Waals surface area contributed by atoms with Crippen molar-refractivity contribution in [3.8, 4) is 0 Å². The SMILES string of the molecule is O=S(=O)(c1cc(C(F)(F)F)ccc1Cl)N1CCN(c2cccnn2)CC1. The lowest BCUT2D eigenvalue weighted by Gasteiger charge is -2.34. The normalized spacial score (nSPS) is 16.7. The van der Waals surface area contributed by atoms with Gasteiger partial charge in [-0.25, -0.2) is 8.42 Å². The first-order chi connectivity index (χ1) is 12.2. The highest BCUT2D eigenvalue weighted by atomic mass is 35.5. The van der Waals surface area contributed by atoms with Crippen molar-refractivity contribution in [2.75, 3.05) is 31.1 Å². The first kappa shape index (κ1) is 18.9. The molecule has 0 unspecified atom stereocenters. The number of anilines is 1. The molecule has 1 saturated heterocycles. The van der Waals surface area contributed by atoms with Crippen LogP contribution in [0.15, 0.2) is 41.4 Å². The molecule has 26 heavy (non-hydrogen) atoms. The van der Waals surface area contributed by atoms with Gasteiger partial charge in [-0.3, -0.25) is 0 Å². The molecule has 1 aromatic carbocycles. The van der Waals surface area contributed by atoms with E-state index in [1.807, 2.05) is 4.90 Å². The van der Waals surface area contributed by atoms with Gasteiger partial charge in [0.1, 0.15) is 4.90 Å². The summed E-state index contributed by atoms with van der Waals surface area (Å²) in [4.78, 5) is 1.31. The van der Waals surface area contributed by atoms with Crippen LogP contribution in [0.5, 0.6) is 0 Å². The van der Waals surface area contributed by atoms with Crippen molar-refractivity contribution in [1.82, 2.24) is 14.5 Å². The van der Waals surface area contributed by atoms with E-state index in [0.29, 0.717) is 25.0 Å².